The molecule has 0 radical (unpaired) electrons. The lowest BCUT2D eigenvalue weighted by Gasteiger charge is -2.34. The van der Waals surface area contributed by atoms with Gasteiger partial charge in [0, 0.05) is 12.6 Å². The normalized spacial score (nSPS) is 14.3. The van der Waals surface area contributed by atoms with E-state index in [2.05, 4.69) is 5.32 Å². The number of rotatable bonds is 12. The van der Waals surface area contributed by atoms with Crippen LogP contribution in [0.3, 0.4) is 0 Å². The first-order valence-corrected chi connectivity index (χ1v) is 16.0. The molecule has 0 unspecified atom stereocenters. The van der Waals surface area contributed by atoms with Crippen molar-refractivity contribution >= 4 is 27.5 Å². The molecular weight excluding hydrogens is 550 g/mol. The number of carbonyl (C=O) groups excluding carboxylic acids is 2. The maximum Gasteiger partial charge on any atom is 0.264 e. The van der Waals surface area contributed by atoms with Crippen molar-refractivity contribution < 1.29 is 22.7 Å². The van der Waals surface area contributed by atoms with E-state index in [4.69, 9.17) is 4.74 Å². The summed E-state index contributed by atoms with van der Waals surface area (Å²) in [6, 6.07) is 20.5. The molecule has 0 heterocycles. The van der Waals surface area contributed by atoms with Gasteiger partial charge in [-0.25, -0.2) is 8.42 Å². The Morgan fingerprint density at radius 3 is 2.21 bits per heavy atom. The minimum absolute atomic E-state index is 0.0603. The largest absolute Gasteiger partial charge is 0.495 e. The zero-order valence-electron chi connectivity index (χ0n) is 24.9. The van der Waals surface area contributed by atoms with Gasteiger partial charge >= 0.3 is 0 Å². The van der Waals surface area contributed by atoms with Crippen LogP contribution in [0.5, 0.6) is 5.75 Å². The Hall–Kier alpha value is -3.85. The van der Waals surface area contributed by atoms with Gasteiger partial charge in [-0.1, -0.05) is 73.9 Å². The summed E-state index contributed by atoms with van der Waals surface area (Å²) in [6.07, 6.45) is 4.36. The number of hydrogen-bond donors (Lipinski definition) is 1. The Morgan fingerprint density at radius 2 is 1.60 bits per heavy atom. The number of ether oxygens (including phenoxy) is 1. The predicted molar refractivity (Wildman–Crippen MR) is 165 cm³/mol. The highest BCUT2D eigenvalue weighted by molar-refractivity contribution is 7.92. The van der Waals surface area contributed by atoms with Crippen LogP contribution in [0.1, 0.15) is 55.7 Å². The van der Waals surface area contributed by atoms with Crippen molar-refractivity contribution in [1.82, 2.24) is 10.2 Å². The molecule has 1 atom stereocenters. The molecule has 0 bridgehead atoms. The topological polar surface area (TPSA) is 96.0 Å². The molecule has 3 aromatic carbocycles. The van der Waals surface area contributed by atoms with Gasteiger partial charge in [0.15, 0.2) is 0 Å². The Bertz CT molecular complexity index is 1470. The monoisotopic (exact) mass is 591 g/mol. The number of sulfonamides is 1. The zero-order valence-corrected chi connectivity index (χ0v) is 25.7. The van der Waals surface area contributed by atoms with Gasteiger partial charge in [-0.15, -0.1) is 0 Å². The number of anilines is 1. The molecule has 1 aliphatic carbocycles. The number of benzene rings is 3. The van der Waals surface area contributed by atoms with E-state index in [-0.39, 0.29) is 29.1 Å². The van der Waals surface area contributed by atoms with Crippen LogP contribution < -0.4 is 14.4 Å². The van der Waals surface area contributed by atoms with E-state index in [1.807, 2.05) is 57.2 Å². The van der Waals surface area contributed by atoms with Crippen LogP contribution in [0.25, 0.3) is 0 Å². The average molecular weight is 592 g/mol. The minimum atomic E-state index is -4.19. The summed E-state index contributed by atoms with van der Waals surface area (Å²) in [5.74, 6) is -0.369. The highest BCUT2D eigenvalue weighted by Crippen LogP contribution is 2.34. The highest BCUT2D eigenvalue weighted by atomic mass is 32.2. The lowest BCUT2D eigenvalue weighted by molar-refractivity contribution is -0.140. The molecule has 1 N–H and O–H groups in total. The van der Waals surface area contributed by atoms with Crippen LogP contribution in [-0.2, 0) is 26.2 Å². The van der Waals surface area contributed by atoms with Crippen LogP contribution in [0.4, 0.5) is 5.69 Å². The van der Waals surface area contributed by atoms with Gasteiger partial charge in [0.1, 0.15) is 18.3 Å². The SMILES string of the molecule is CC[C@H](C(=O)NC1CCCC1)N(Cc1ccccc1)C(=O)CN(c1cc(C)ccc1OC)S(=O)(=O)c1ccc(C)cc1. The molecule has 224 valence electrons. The summed E-state index contributed by atoms with van der Waals surface area (Å²) >= 11 is 0. The smallest absolute Gasteiger partial charge is 0.264 e. The summed E-state index contributed by atoms with van der Waals surface area (Å²) in [7, 11) is -2.72. The molecule has 1 aliphatic rings. The van der Waals surface area contributed by atoms with Gasteiger partial charge in [0.05, 0.1) is 17.7 Å². The van der Waals surface area contributed by atoms with Crippen LogP contribution in [0, 0.1) is 13.8 Å². The number of aryl methyl sites for hydroxylation is 2. The number of hydrogen-bond acceptors (Lipinski definition) is 5. The molecule has 8 nitrogen and oxygen atoms in total. The number of methoxy groups -OCH3 is 1. The molecule has 42 heavy (non-hydrogen) atoms. The fourth-order valence-corrected chi connectivity index (χ4v) is 6.83. The van der Waals surface area contributed by atoms with Crippen molar-refractivity contribution in [1.29, 1.82) is 0 Å². The highest BCUT2D eigenvalue weighted by Gasteiger charge is 2.35. The van der Waals surface area contributed by atoms with E-state index in [0.717, 1.165) is 46.7 Å². The molecule has 0 spiro atoms. The quantitative estimate of drug-likeness (QED) is 0.305. The van der Waals surface area contributed by atoms with Crippen molar-refractivity contribution in [2.24, 2.45) is 0 Å². The Balaban J connectivity index is 1.75. The van der Waals surface area contributed by atoms with E-state index >= 15 is 0 Å². The summed E-state index contributed by atoms with van der Waals surface area (Å²) in [6.45, 7) is 5.26. The molecule has 0 aromatic heterocycles. The molecule has 0 aliphatic heterocycles. The number of carbonyl (C=O) groups is 2. The standard InChI is InChI=1S/C33H41N3O5S/c1-5-29(33(38)34-27-13-9-10-14-27)35(22-26-11-7-6-8-12-26)32(37)23-36(30-21-25(3)17-20-31(30)41-4)42(39,40)28-18-15-24(2)16-19-28/h6-8,11-12,15-21,27,29H,5,9-10,13-14,22-23H2,1-4H3,(H,34,38)/t29-/m1/s1. The van der Waals surface area contributed by atoms with Crippen LogP contribution >= 0.6 is 0 Å². The van der Waals surface area contributed by atoms with Gasteiger partial charge in [-0.2, -0.15) is 0 Å². The number of nitrogens with one attached hydrogen (secondary N) is 1. The predicted octanol–water partition coefficient (Wildman–Crippen LogP) is 5.37. The molecule has 2 amide bonds. The number of amides is 2. The summed E-state index contributed by atoms with van der Waals surface area (Å²) in [5.41, 5.74) is 2.83. The maximum atomic E-state index is 14.3. The third-order valence-electron chi connectivity index (χ3n) is 7.77. The fraction of sp³-hybridized carbons (Fsp3) is 0.394. The van der Waals surface area contributed by atoms with Gasteiger partial charge < -0.3 is 15.0 Å². The van der Waals surface area contributed by atoms with Crippen molar-refractivity contribution in [2.45, 2.75) is 76.4 Å². The molecule has 3 aromatic rings. The van der Waals surface area contributed by atoms with E-state index in [1.165, 1.54) is 24.1 Å². The summed E-state index contributed by atoms with van der Waals surface area (Å²) in [5, 5.41) is 3.14. The lowest BCUT2D eigenvalue weighted by atomic mass is 10.1. The van der Waals surface area contributed by atoms with Crippen LogP contribution in [-0.4, -0.2) is 50.9 Å². The second-order valence-corrected chi connectivity index (χ2v) is 12.8. The van der Waals surface area contributed by atoms with Gasteiger partial charge in [0.25, 0.3) is 10.0 Å². The van der Waals surface area contributed by atoms with Crippen molar-refractivity contribution in [2.75, 3.05) is 18.0 Å². The van der Waals surface area contributed by atoms with E-state index in [0.29, 0.717) is 12.2 Å². The summed E-state index contributed by atoms with van der Waals surface area (Å²) in [4.78, 5) is 29.4. The minimum Gasteiger partial charge on any atom is -0.495 e. The second-order valence-electron chi connectivity index (χ2n) is 10.9. The molecule has 1 fully saturated rings. The third kappa shape index (κ3) is 7.31. The first kappa shape index (κ1) is 31.1. The Morgan fingerprint density at radius 1 is 0.952 bits per heavy atom. The van der Waals surface area contributed by atoms with Crippen LogP contribution in [0.15, 0.2) is 77.7 Å². The molecular formula is C33H41N3O5S. The van der Waals surface area contributed by atoms with Gasteiger partial charge in [0.2, 0.25) is 11.8 Å². The van der Waals surface area contributed by atoms with E-state index < -0.39 is 28.5 Å². The third-order valence-corrected chi connectivity index (χ3v) is 9.55. The van der Waals surface area contributed by atoms with Gasteiger partial charge in [-0.3, -0.25) is 13.9 Å². The number of nitrogens with zero attached hydrogens (tertiary/aromatic N) is 2. The lowest BCUT2D eigenvalue weighted by Crippen LogP contribution is -2.53. The zero-order chi connectivity index (χ0) is 30.3. The summed E-state index contributed by atoms with van der Waals surface area (Å²) < 4.78 is 35.0. The fourth-order valence-electron chi connectivity index (χ4n) is 5.41. The molecule has 1 saturated carbocycles. The molecule has 9 heteroatoms. The Labute approximate surface area is 249 Å². The molecule has 4 rings (SSSR count). The molecule has 0 saturated heterocycles. The maximum absolute atomic E-state index is 14.3. The van der Waals surface area contributed by atoms with Gasteiger partial charge in [-0.05, 0) is 68.5 Å². The second kappa shape index (κ2) is 13.9. The Kier molecular flexibility index (Phi) is 10.3. The average Bonchev–Trinajstić information content (AvgIpc) is 3.49. The van der Waals surface area contributed by atoms with Crippen molar-refractivity contribution in [3.05, 3.63) is 89.5 Å². The van der Waals surface area contributed by atoms with Crippen molar-refractivity contribution in [3.63, 3.8) is 0 Å². The first-order valence-electron chi connectivity index (χ1n) is 14.5. The van der Waals surface area contributed by atoms with E-state index in [9.17, 15) is 18.0 Å². The first-order chi connectivity index (χ1) is 20.1. The van der Waals surface area contributed by atoms with Crippen LogP contribution in [0.2, 0.25) is 0 Å². The van der Waals surface area contributed by atoms with E-state index in [1.54, 1.807) is 24.3 Å². The van der Waals surface area contributed by atoms with Crippen molar-refractivity contribution in [3.8, 4) is 5.75 Å².